The first kappa shape index (κ1) is 11.0. The van der Waals surface area contributed by atoms with Gasteiger partial charge in [-0.3, -0.25) is 0 Å². The highest BCUT2D eigenvalue weighted by atomic mass is 35.5. The Morgan fingerprint density at radius 3 is 2.69 bits per heavy atom. The zero-order chi connectivity index (χ0) is 11.4. The number of benzene rings is 1. The number of anilines is 2. The smallest absolute Gasteiger partial charge is 0.207 e. The first-order valence-corrected chi connectivity index (χ1v) is 5.80. The molecule has 0 fully saturated rings. The summed E-state index contributed by atoms with van der Waals surface area (Å²) in [6.07, 6.45) is 3.74. The minimum atomic E-state index is 0.546. The first-order chi connectivity index (χ1) is 7.83. The average molecular weight is 236 g/mol. The number of rotatable bonds is 4. The minimum absolute atomic E-state index is 0.546. The predicted octanol–water partition coefficient (Wildman–Crippen LogP) is 3.39. The second-order valence-corrected chi connectivity index (χ2v) is 3.76. The van der Waals surface area contributed by atoms with Gasteiger partial charge < -0.3 is 9.88 Å². The molecule has 0 bridgehead atoms. The zero-order valence-corrected chi connectivity index (χ0v) is 9.91. The lowest BCUT2D eigenvalue weighted by atomic mass is 10.2. The molecule has 0 atom stereocenters. The van der Waals surface area contributed by atoms with Crippen LogP contribution in [0.2, 0.25) is 0 Å². The Balaban J connectivity index is 2.14. The van der Waals surface area contributed by atoms with E-state index in [2.05, 4.69) is 21.8 Å². The van der Waals surface area contributed by atoms with Gasteiger partial charge in [0.1, 0.15) is 0 Å². The average Bonchev–Trinajstić information content (AvgIpc) is 2.77. The van der Waals surface area contributed by atoms with Crippen molar-refractivity contribution in [3.63, 3.8) is 0 Å². The van der Waals surface area contributed by atoms with Crippen LogP contribution in [0, 0.1) is 0 Å². The molecule has 3 nitrogen and oxygen atoms in total. The largest absolute Gasteiger partial charge is 0.326 e. The summed E-state index contributed by atoms with van der Waals surface area (Å²) in [5.74, 6) is 1.41. The Hall–Kier alpha value is -1.48. The highest BCUT2D eigenvalue weighted by Crippen LogP contribution is 2.16. The van der Waals surface area contributed by atoms with Crippen molar-refractivity contribution in [1.82, 2.24) is 9.55 Å². The van der Waals surface area contributed by atoms with Gasteiger partial charge >= 0.3 is 0 Å². The summed E-state index contributed by atoms with van der Waals surface area (Å²) in [7, 11) is 0. The van der Waals surface area contributed by atoms with Crippen LogP contribution < -0.4 is 5.32 Å². The van der Waals surface area contributed by atoms with Crippen LogP contribution in [0.4, 0.5) is 11.6 Å². The third-order valence-corrected chi connectivity index (χ3v) is 2.73. The third kappa shape index (κ3) is 2.36. The van der Waals surface area contributed by atoms with Gasteiger partial charge in [0.2, 0.25) is 5.95 Å². The van der Waals surface area contributed by atoms with Crippen LogP contribution in [0.25, 0.3) is 0 Å². The Bertz CT molecular complexity index is 448. The molecule has 16 heavy (non-hydrogen) atoms. The SMILES string of the molecule is CCn1ccnc1Nc1ccc(CCl)cc1. The highest BCUT2D eigenvalue weighted by Gasteiger charge is 2.00. The van der Waals surface area contributed by atoms with Crippen molar-refractivity contribution in [3.05, 3.63) is 42.2 Å². The normalized spacial score (nSPS) is 10.4. The number of halogens is 1. The summed E-state index contributed by atoms with van der Waals surface area (Å²) in [6.45, 7) is 2.99. The lowest BCUT2D eigenvalue weighted by molar-refractivity contribution is 0.772. The summed E-state index contributed by atoms with van der Waals surface area (Å²) in [6, 6.07) is 8.03. The Kier molecular flexibility index (Phi) is 3.47. The number of alkyl halides is 1. The molecular weight excluding hydrogens is 222 g/mol. The lowest BCUT2D eigenvalue weighted by Gasteiger charge is -2.07. The Morgan fingerprint density at radius 2 is 2.06 bits per heavy atom. The van der Waals surface area contributed by atoms with E-state index in [4.69, 9.17) is 11.6 Å². The summed E-state index contributed by atoms with van der Waals surface area (Å²) >= 11 is 5.73. The quantitative estimate of drug-likeness (QED) is 0.824. The molecule has 1 N–H and O–H groups in total. The molecule has 0 aliphatic carbocycles. The maximum Gasteiger partial charge on any atom is 0.207 e. The maximum absolute atomic E-state index is 5.73. The van der Waals surface area contributed by atoms with Crippen molar-refractivity contribution < 1.29 is 0 Å². The van der Waals surface area contributed by atoms with Crippen molar-refractivity contribution in [2.45, 2.75) is 19.3 Å². The minimum Gasteiger partial charge on any atom is -0.326 e. The molecule has 2 aromatic rings. The second-order valence-electron chi connectivity index (χ2n) is 3.49. The molecular formula is C12H14ClN3. The fourth-order valence-corrected chi connectivity index (χ4v) is 1.67. The van der Waals surface area contributed by atoms with Gasteiger partial charge in [0.05, 0.1) is 0 Å². The molecule has 0 spiro atoms. The van der Waals surface area contributed by atoms with Gasteiger partial charge in [-0.15, -0.1) is 11.6 Å². The molecule has 4 heteroatoms. The van der Waals surface area contributed by atoms with Crippen LogP contribution >= 0.6 is 11.6 Å². The molecule has 1 aromatic heterocycles. The lowest BCUT2D eigenvalue weighted by Crippen LogP contribution is -2.01. The van der Waals surface area contributed by atoms with E-state index in [1.807, 2.05) is 30.5 Å². The first-order valence-electron chi connectivity index (χ1n) is 5.26. The van der Waals surface area contributed by atoms with Gasteiger partial charge in [-0.2, -0.15) is 0 Å². The molecule has 0 radical (unpaired) electrons. The number of nitrogens with one attached hydrogen (secondary N) is 1. The van der Waals surface area contributed by atoms with Gasteiger partial charge in [0, 0.05) is 30.5 Å². The summed E-state index contributed by atoms with van der Waals surface area (Å²) in [5.41, 5.74) is 2.14. The number of aryl methyl sites for hydroxylation is 1. The van der Waals surface area contributed by atoms with Gasteiger partial charge in [0.25, 0.3) is 0 Å². The van der Waals surface area contributed by atoms with E-state index in [0.29, 0.717) is 5.88 Å². The van der Waals surface area contributed by atoms with E-state index in [-0.39, 0.29) is 0 Å². The monoisotopic (exact) mass is 235 g/mol. The van der Waals surface area contributed by atoms with Crippen LogP contribution in [-0.2, 0) is 12.4 Å². The molecule has 0 unspecified atom stereocenters. The molecule has 1 heterocycles. The molecule has 1 aromatic carbocycles. The second kappa shape index (κ2) is 5.03. The van der Waals surface area contributed by atoms with Crippen molar-refractivity contribution in [1.29, 1.82) is 0 Å². The van der Waals surface area contributed by atoms with E-state index in [1.165, 1.54) is 0 Å². The van der Waals surface area contributed by atoms with E-state index in [0.717, 1.165) is 23.7 Å². The van der Waals surface area contributed by atoms with Crippen molar-refractivity contribution in [2.75, 3.05) is 5.32 Å². The number of nitrogens with zero attached hydrogens (tertiary/aromatic N) is 2. The fraction of sp³-hybridized carbons (Fsp3) is 0.250. The Morgan fingerprint density at radius 1 is 1.31 bits per heavy atom. The molecule has 0 amide bonds. The standard InChI is InChI=1S/C12H14ClN3/c1-2-16-8-7-14-12(16)15-11-5-3-10(9-13)4-6-11/h3-8H,2,9H2,1H3,(H,14,15). The van der Waals surface area contributed by atoms with Crippen molar-refractivity contribution in [2.24, 2.45) is 0 Å². The van der Waals surface area contributed by atoms with Crippen LogP contribution in [0.1, 0.15) is 12.5 Å². The zero-order valence-electron chi connectivity index (χ0n) is 9.15. The number of hydrogen-bond donors (Lipinski definition) is 1. The number of hydrogen-bond acceptors (Lipinski definition) is 2. The molecule has 84 valence electrons. The van der Waals surface area contributed by atoms with Crippen molar-refractivity contribution >= 4 is 23.2 Å². The molecule has 0 aliphatic heterocycles. The van der Waals surface area contributed by atoms with Gasteiger partial charge in [-0.25, -0.2) is 4.98 Å². The summed E-state index contributed by atoms with van der Waals surface area (Å²) in [4.78, 5) is 4.25. The van der Waals surface area contributed by atoms with Gasteiger partial charge in [-0.05, 0) is 24.6 Å². The van der Waals surface area contributed by atoms with E-state index < -0.39 is 0 Å². The van der Waals surface area contributed by atoms with Crippen LogP contribution in [0.3, 0.4) is 0 Å². The van der Waals surface area contributed by atoms with Crippen LogP contribution in [0.5, 0.6) is 0 Å². The van der Waals surface area contributed by atoms with E-state index in [9.17, 15) is 0 Å². The topological polar surface area (TPSA) is 29.9 Å². The van der Waals surface area contributed by atoms with E-state index >= 15 is 0 Å². The van der Waals surface area contributed by atoms with Gasteiger partial charge in [0.15, 0.2) is 0 Å². The van der Waals surface area contributed by atoms with Crippen LogP contribution in [0.15, 0.2) is 36.7 Å². The van der Waals surface area contributed by atoms with Crippen molar-refractivity contribution in [3.8, 4) is 0 Å². The number of aromatic nitrogens is 2. The molecule has 0 aliphatic rings. The van der Waals surface area contributed by atoms with Gasteiger partial charge in [-0.1, -0.05) is 12.1 Å². The molecule has 0 saturated carbocycles. The molecule has 2 rings (SSSR count). The predicted molar refractivity (Wildman–Crippen MR) is 67.2 cm³/mol. The third-order valence-electron chi connectivity index (χ3n) is 2.42. The summed E-state index contributed by atoms with van der Waals surface area (Å²) in [5, 5.41) is 3.26. The summed E-state index contributed by atoms with van der Waals surface area (Å²) < 4.78 is 2.05. The highest BCUT2D eigenvalue weighted by molar-refractivity contribution is 6.17. The Labute approximate surface area is 100 Å². The maximum atomic E-state index is 5.73. The van der Waals surface area contributed by atoms with E-state index in [1.54, 1.807) is 6.20 Å². The fourth-order valence-electron chi connectivity index (χ4n) is 1.49. The number of imidazole rings is 1. The molecule has 0 saturated heterocycles. The van der Waals surface area contributed by atoms with Crippen LogP contribution in [-0.4, -0.2) is 9.55 Å².